The van der Waals surface area contributed by atoms with Crippen LogP contribution in [0.2, 0.25) is 0 Å². The number of rotatable bonds is 8. The Morgan fingerprint density at radius 2 is 1.69 bits per heavy atom. The summed E-state index contributed by atoms with van der Waals surface area (Å²) in [6, 6.07) is 7.34. The van der Waals surface area contributed by atoms with Crippen LogP contribution in [-0.4, -0.2) is 55.0 Å². The number of fused-ring (bicyclic) bond motifs is 1. The SMILES string of the molecule is CNC(C)C(=O)N[C@H](C(=O)N1Cc2ccccc2[C@H]1C(=O)Nc1c(F)cccc1F)[C@H](C)OC.Cl. The number of anilines is 1. The van der Waals surface area contributed by atoms with Crippen molar-refractivity contribution in [2.24, 2.45) is 0 Å². The van der Waals surface area contributed by atoms with Crippen molar-refractivity contribution in [3.8, 4) is 0 Å². The molecule has 35 heavy (non-hydrogen) atoms. The molecule has 0 aliphatic carbocycles. The molecule has 0 bridgehead atoms. The number of carbonyl (C=O) groups excluding carboxylic acids is 3. The molecular weight excluding hydrogens is 482 g/mol. The largest absolute Gasteiger partial charge is 0.379 e. The molecule has 3 rings (SSSR count). The Bertz CT molecular complexity index is 1070. The molecule has 4 atom stereocenters. The number of likely N-dealkylation sites (N-methyl/N-ethyl adjacent to an activating group) is 1. The number of halogens is 3. The third-order valence-corrected chi connectivity index (χ3v) is 5.98. The first-order valence-corrected chi connectivity index (χ1v) is 10.8. The van der Waals surface area contributed by atoms with E-state index < -0.39 is 59.3 Å². The Morgan fingerprint density at radius 1 is 1.06 bits per heavy atom. The van der Waals surface area contributed by atoms with E-state index in [1.54, 1.807) is 45.2 Å². The molecule has 0 saturated heterocycles. The number of para-hydroxylation sites is 1. The van der Waals surface area contributed by atoms with Gasteiger partial charge in [0.1, 0.15) is 29.4 Å². The predicted molar refractivity (Wildman–Crippen MR) is 129 cm³/mol. The molecule has 11 heteroatoms. The standard InChI is InChI=1S/C24H28F2N4O4.ClH/c1-13(27-3)22(31)28-19(14(2)34-4)24(33)30-12-15-8-5-6-9-16(15)21(30)23(32)29-20-17(25)10-7-11-18(20)26;/h5-11,13-14,19,21,27H,12H2,1-4H3,(H,28,31)(H,29,32);1H/t13?,14-,19-,21-;/m0./s1. The van der Waals surface area contributed by atoms with E-state index in [2.05, 4.69) is 16.0 Å². The van der Waals surface area contributed by atoms with Crippen LogP contribution in [0, 0.1) is 11.6 Å². The van der Waals surface area contributed by atoms with E-state index in [1.165, 1.54) is 18.1 Å². The highest BCUT2D eigenvalue weighted by molar-refractivity contribution is 6.00. The number of ether oxygens (including phenoxy) is 1. The fraction of sp³-hybridized carbons (Fsp3) is 0.375. The van der Waals surface area contributed by atoms with Crippen LogP contribution < -0.4 is 16.0 Å². The van der Waals surface area contributed by atoms with Crippen LogP contribution in [-0.2, 0) is 25.7 Å². The molecule has 3 amide bonds. The van der Waals surface area contributed by atoms with Gasteiger partial charge in [0.15, 0.2) is 0 Å². The van der Waals surface area contributed by atoms with Crippen LogP contribution in [0.3, 0.4) is 0 Å². The van der Waals surface area contributed by atoms with E-state index >= 15 is 0 Å². The molecule has 0 saturated carbocycles. The lowest BCUT2D eigenvalue weighted by molar-refractivity contribution is -0.145. The number of methoxy groups -OCH3 is 1. The van der Waals surface area contributed by atoms with Crippen molar-refractivity contribution >= 4 is 35.8 Å². The smallest absolute Gasteiger partial charge is 0.252 e. The molecule has 1 aliphatic heterocycles. The lowest BCUT2D eigenvalue weighted by Gasteiger charge is -2.31. The maximum atomic E-state index is 14.2. The van der Waals surface area contributed by atoms with Crippen LogP contribution in [0.4, 0.5) is 14.5 Å². The van der Waals surface area contributed by atoms with Gasteiger partial charge in [-0.05, 0) is 44.2 Å². The van der Waals surface area contributed by atoms with Crippen LogP contribution in [0.15, 0.2) is 42.5 Å². The molecule has 0 aromatic heterocycles. The monoisotopic (exact) mass is 510 g/mol. The maximum Gasteiger partial charge on any atom is 0.252 e. The fourth-order valence-electron chi connectivity index (χ4n) is 3.79. The minimum atomic E-state index is -1.16. The fourth-order valence-corrected chi connectivity index (χ4v) is 3.79. The molecule has 8 nitrogen and oxygen atoms in total. The average Bonchev–Trinajstić information content (AvgIpc) is 3.23. The van der Waals surface area contributed by atoms with Gasteiger partial charge in [0.2, 0.25) is 11.8 Å². The van der Waals surface area contributed by atoms with Crippen molar-refractivity contribution in [3.05, 3.63) is 65.2 Å². The molecule has 0 spiro atoms. The van der Waals surface area contributed by atoms with E-state index in [0.717, 1.165) is 12.1 Å². The highest BCUT2D eigenvalue weighted by atomic mass is 35.5. The normalized spacial score (nSPS) is 17.0. The zero-order chi connectivity index (χ0) is 25.0. The van der Waals surface area contributed by atoms with Gasteiger partial charge in [-0.15, -0.1) is 12.4 Å². The van der Waals surface area contributed by atoms with Crippen molar-refractivity contribution in [2.75, 3.05) is 19.5 Å². The van der Waals surface area contributed by atoms with E-state index in [0.29, 0.717) is 11.1 Å². The Balaban J connectivity index is 0.00000432. The third kappa shape index (κ3) is 5.95. The summed E-state index contributed by atoms with van der Waals surface area (Å²) < 4.78 is 33.7. The summed E-state index contributed by atoms with van der Waals surface area (Å²) in [5, 5.41) is 7.77. The van der Waals surface area contributed by atoms with Crippen molar-refractivity contribution < 1.29 is 27.9 Å². The number of benzene rings is 2. The van der Waals surface area contributed by atoms with Crippen LogP contribution in [0.1, 0.15) is 31.0 Å². The first-order chi connectivity index (χ1) is 16.2. The van der Waals surface area contributed by atoms with Gasteiger partial charge in [-0.1, -0.05) is 30.3 Å². The highest BCUT2D eigenvalue weighted by Gasteiger charge is 2.43. The molecule has 0 radical (unpaired) electrons. The van der Waals surface area contributed by atoms with Gasteiger partial charge in [0.25, 0.3) is 5.91 Å². The first kappa shape index (κ1) is 28.2. The van der Waals surface area contributed by atoms with Crippen LogP contribution >= 0.6 is 12.4 Å². The minimum absolute atomic E-state index is 0. The van der Waals surface area contributed by atoms with Gasteiger partial charge in [0.05, 0.1) is 12.1 Å². The minimum Gasteiger partial charge on any atom is -0.379 e. The predicted octanol–water partition coefficient (Wildman–Crippen LogP) is 2.54. The molecule has 3 N–H and O–H groups in total. The average molecular weight is 511 g/mol. The summed E-state index contributed by atoms with van der Waals surface area (Å²) in [5.74, 6) is -3.62. The Kier molecular flexibility index (Phi) is 9.70. The zero-order valence-electron chi connectivity index (χ0n) is 19.8. The second-order valence-electron chi connectivity index (χ2n) is 8.09. The maximum absolute atomic E-state index is 14.2. The summed E-state index contributed by atoms with van der Waals surface area (Å²) in [6.45, 7) is 3.34. The van der Waals surface area contributed by atoms with Gasteiger partial charge in [0, 0.05) is 13.7 Å². The molecule has 0 fully saturated rings. The Hall–Kier alpha value is -3.08. The summed E-state index contributed by atoms with van der Waals surface area (Å²) in [6.07, 6.45) is -0.711. The third-order valence-electron chi connectivity index (χ3n) is 5.98. The number of amides is 3. The second kappa shape index (κ2) is 12.1. The number of nitrogens with one attached hydrogen (secondary N) is 3. The number of nitrogens with zero attached hydrogens (tertiary/aromatic N) is 1. The molecule has 1 unspecified atom stereocenters. The van der Waals surface area contributed by atoms with Crippen molar-refractivity contribution in [1.29, 1.82) is 0 Å². The molecule has 2 aromatic carbocycles. The molecule has 190 valence electrons. The van der Waals surface area contributed by atoms with Crippen LogP contribution in [0.5, 0.6) is 0 Å². The van der Waals surface area contributed by atoms with Crippen LogP contribution in [0.25, 0.3) is 0 Å². The van der Waals surface area contributed by atoms with Crippen molar-refractivity contribution in [3.63, 3.8) is 0 Å². The molecule has 1 aliphatic rings. The van der Waals surface area contributed by atoms with E-state index in [1.807, 2.05) is 0 Å². The summed E-state index contributed by atoms with van der Waals surface area (Å²) in [4.78, 5) is 40.7. The van der Waals surface area contributed by atoms with Gasteiger partial charge >= 0.3 is 0 Å². The van der Waals surface area contributed by atoms with E-state index in [9.17, 15) is 23.2 Å². The lowest BCUT2D eigenvalue weighted by Crippen LogP contribution is -2.57. The van der Waals surface area contributed by atoms with Crippen molar-refractivity contribution in [2.45, 2.75) is 44.6 Å². The zero-order valence-corrected chi connectivity index (χ0v) is 20.6. The topological polar surface area (TPSA) is 99.8 Å². The van der Waals surface area contributed by atoms with Gasteiger partial charge in [-0.2, -0.15) is 0 Å². The number of carbonyl (C=O) groups is 3. The number of hydrogen-bond donors (Lipinski definition) is 3. The second-order valence-corrected chi connectivity index (χ2v) is 8.09. The lowest BCUT2D eigenvalue weighted by atomic mass is 10.0. The Labute approximate surface area is 208 Å². The van der Waals surface area contributed by atoms with E-state index in [4.69, 9.17) is 4.74 Å². The van der Waals surface area contributed by atoms with E-state index in [-0.39, 0.29) is 19.0 Å². The van der Waals surface area contributed by atoms with Gasteiger partial charge in [-0.3, -0.25) is 14.4 Å². The van der Waals surface area contributed by atoms with Gasteiger partial charge in [-0.25, -0.2) is 8.78 Å². The quantitative estimate of drug-likeness (QED) is 0.507. The summed E-state index contributed by atoms with van der Waals surface area (Å²) in [5.41, 5.74) is 0.648. The molecular formula is C24H29ClF2N4O4. The Morgan fingerprint density at radius 3 is 2.29 bits per heavy atom. The summed E-state index contributed by atoms with van der Waals surface area (Å²) in [7, 11) is 3.02. The number of hydrogen-bond acceptors (Lipinski definition) is 5. The molecule has 1 heterocycles. The highest BCUT2D eigenvalue weighted by Crippen LogP contribution is 2.35. The van der Waals surface area contributed by atoms with Gasteiger partial charge < -0.3 is 25.6 Å². The first-order valence-electron chi connectivity index (χ1n) is 10.8. The summed E-state index contributed by atoms with van der Waals surface area (Å²) >= 11 is 0. The molecule has 2 aromatic rings. The van der Waals surface area contributed by atoms with Crippen molar-refractivity contribution in [1.82, 2.24) is 15.5 Å².